The highest BCUT2D eigenvalue weighted by atomic mass is 79.9. The van der Waals surface area contributed by atoms with Crippen molar-refractivity contribution in [2.45, 2.75) is 25.8 Å². The molecule has 0 saturated carbocycles. The number of hydrogen-bond donors (Lipinski definition) is 1. The quantitative estimate of drug-likeness (QED) is 0.843. The van der Waals surface area contributed by atoms with Gasteiger partial charge in [0.15, 0.2) is 0 Å². The molecule has 1 aromatic heterocycles. The van der Waals surface area contributed by atoms with E-state index < -0.39 is 5.54 Å². The van der Waals surface area contributed by atoms with Crippen molar-refractivity contribution >= 4 is 21.8 Å². The summed E-state index contributed by atoms with van der Waals surface area (Å²) in [5, 5.41) is 8.06. The molecule has 0 aliphatic carbocycles. The molecular weight excluding hydrogens is 330 g/mol. The maximum atomic E-state index is 12.5. The predicted molar refractivity (Wildman–Crippen MR) is 87.6 cm³/mol. The monoisotopic (exact) mass is 349 g/mol. The molecule has 0 radical (unpaired) electrons. The lowest BCUT2D eigenvalue weighted by molar-refractivity contribution is 0.0904. The summed E-state index contributed by atoms with van der Waals surface area (Å²) in [6.07, 6.45) is 0.815. The Balaban J connectivity index is 2.26. The zero-order valence-electron chi connectivity index (χ0n) is 12.6. The van der Waals surface area contributed by atoms with Crippen molar-refractivity contribution in [3.05, 3.63) is 53.3 Å². The van der Waals surface area contributed by atoms with E-state index in [9.17, 15) is 4.79 Å². The number of nitrogens with zero attached hydrogens (tertiary/aromatic N) is 2. The van der Waals surface area contributed by atoms with Crippen LogP contribution in [0.4, 0.5) is 0 Å². The summed E-state index contributed by atoms with van der Waals surface area (Å²) in [5.41, 5.74) is 2.10. The number of hydrogen-bond acceptors (Lipinski definition) is 2. The van der Waals surface area contributed by atoms with Crippen molar-refractivity contribution in [3.63, 3.8) is 0 Å². The summed E-state index contributed by atoms with van der Waals surface area (Å²) < 4.78 is 1.63. The molecule has 1 heterocycles. The second-order valence-corrected chi connectivity index (χ2v) is 5.84. The van der Waals surface area contributed by atoms with Crippen LogP contribution in [0, 0.1) is 0 Å². The second kappa shape index (κ2) is 6.43. The SMILES string of the molecule is CCc1cc(C(=O)NC(C)(CBr)c2ccccc2)n(C)n1. The molecule has 4 nitrogen and oxygen atoms in total. The Labute approximate surface area is 133 Å². The first-order valence-corrected chi connectivity index (χ1v) is 8.09. The van der Waals surface area contributed by atoms with Gasteiger partial charge in [-0.15, -0.1) is 0 Å². The van der Waals surface area contributed by atoms with Crippen molar-refractivity contribution in [1.29, 1.82) is 0 Å². The van der Waals surface area contributed by atoms with E-state index in [0.717, 1.165) is 17.7 Å². The normalized spacial score (nSPS) is 13.7. The smallest absolute Gasteiger partial charge is 0.270 e. The van der Waals surface area contributed by atoms with Crippen LogP contribution < -0.4 is 5.32 Å². The highest BCUT2D eigenvalue weighted by molar-refractivity contribution is 9.09. The minimum atomic E-state index is -0.463. The van der Waals surface area contributed by atoms with Crippen LogP contribution in [-0.4, -0.2) is 21.0 Å². The van der Waals surface area contributed by atoms with Gasteiger partial charge in [-0.2, -0.15) is 5.10 Å². The van der Waals surface area contributed by atoms with Crippen molar-refractivity contribution in [2.75, 3.05) is 5.33 Å². The maximum Gasteiger partial charge on any atom is 0.270 e. The zero-order valence-corrected chi connectivity index (χ0v) is 14.1. The average Bonchev–Trinajstić information content (AvgIpc) is 2.89. The standard InChI is InChI=1S/C16H20BrN3O/c1-4-13-10-14(20(3)19-13)15(21)18-16(2,11-17)12-8-6-5-7-9-12/h5-10H,4,11H2,1-3H3,(H,18,21). The lowest BCUT2D eigenvalue weighted by Gasteiger charge is -2.29. The molecule has 0 saturated heterocycles. The minimum absolute atomic E-state index is 0.115. The maximum absolute atomic E-state index is 12.5. The second-order valence-electron chi connectivity index (χ2n) is 5.28. The van der Waals surface area contributed by atoms with E-state index in [4.69, 9.17) is 0 Å². The number of alkyl halides is 1. The summed E-state index contributed by atoms with van der Waals surface area (Å²) in [6.45, 7) is 4.03. The predicted octanol–water partition coefficient (Wildman–Crippen LogP) is 3.02. The molecule has 1 atom stereocenters. The molecule has 112 valence electrons. The van der Waals surface area contributed by atoms with Crippen LogP contribution in [0.5, 0.6) is 0 Å². The lowest BCUT2D eigenvalue weighted by Crippen LogP contribution is -2.45. The Morgan fingerprint density at radius 1 is 1.38 bits per heavy atom. The number of nitrogens with one attached hydrogen (secondary N) is 1. The van der Waals surface area contributed by atoms with Gasteiger partial charge in [0.05, 0.1) is 11.2 Å². The molecule has 0 bridgehead atoms. The Morgan fingerprint density at radius 2 is 2.05 bits per heavy atom. The Morgan fingerprint density at radius 3 is 2.57 bits per heavy atom. The summed E-state index contributed by atoms with van der Waals surface area (Å²) in [4.78, 5) is 12.5. The highest BCUT2D eigenvalue weighted by Crippen LogP contribution is 2.23. The van der Waals surface area contributed by atoms with Crippen LogP contribution >= 0.6 is 15.9 Å². The van der Waals surface area contributed by atoms with E-state index >= 15 is 0 Å². The van der Waals surface area contributed by atoms with Gasteiger partial charge in [-0.3, -0.25) is 9.48 Å². The molecule has 1 unspecified atom stereocenters. The van der Waals surface area contributed by atoms with E-state index in [1.54, 1.807) is 11.7 Å². The van der Waals surface area contributed by atoms with Crippen LogP contribution in [-0.2, 0) is 19.0 Å². The molecule has 5 heteroatoms. The van der Waals surface area contributed by atoms with Gasteiger partial charge in [0.25, 0.3) is 5.91 Å². The third-order valence-corrected chi connectivity index (χ3v) is 4.71. The van der Waals surface area contributed by atoms with Crippen molar-refractivity contribution in [1.82, 2.24) is 15.1 Å². The molecule has 0 spiro atoms. The number of aromatic nitrogens is 2. The van der Waals surface area contributed by atoms with E-state index in [1.807, 2.05) is 50.2 Å². The van der Waals surface area contributed by atoms with Crippen molar-refractivity contribution < 1.29 is 4.79 Å². The van der Waals surface area contributed by atoms with Gasteiger partial charge in [-0.1, -0.05) is 53.2 Å². The average molecular weight is 350 g/mol. The van der Waals surface area contributed by atoms with Crippen LogP contribution in [0.25, 0.3) is 0 Å². The fraction of sp³-hybridized carbons (Fsp3) is 0.375. The summed E-state index contributed by atoms with van der Waals surface area (Å²) in [6, 6.07) is 11.8. The summed E-state index contributed by atoms with van der Waals surface area (Å²) in [5.74, 6) is -0.115. The molecule has 0 fully saturated rings. The first-order chi connectivity index (χ1) is 10.00. The lowest BCUT2D eigenvalue weighted by atomic mass is 9.94. The number of carbonyl (C=O) groups is 1. The van der Waals surface area contributed by atoms with Gasteiger partial charge in [0.1, 0.15) is 5.69 Å². The molecule has 0 aliphatic rings. The van der Waals surface area contributed by atoms with Gasteiger partial charge < -0.3 is 5.32 Å². The minimum Gasteiger partial charge on any atom is -0.341 e. The number of halogens is 1. The molecule has 2 aromatic rings. The van der Waals surface area contributed by atoms with Crippen LogP contribution in [0.2, 0.25) is 0 Å². The van der Waals surface area contributed by atoms with E-state index in [-0.39, 0.29) is 5.91 Å². The Bertz CT molecular complexity index is 624. The molecule has 1 N–H and O–H groups in total. The summed E-state index contributed by atoms with van der Waals surface area (Å²) >= 11 is 3.51. The number of rotatable bonds is 5. The van der Waals surface area contributed by atoms with Gasteiger partial charge in [0, 0.05) is 12.4 Å². The van der Waals surface area contributed by atoms with E-state index in [2.05, 4.69) is 26.3 Å². The molecule has 1 aromatic carbocycles. The van der Waals surface area contributed by atoms with Gasteiger partial charge in [0.2, 0.25) is 0 Å². The van der Waals surface area contributed by atoms with Crippen LogP contribution in [0.1, 0.15) is 35.6 Å². The first-order valence-electron chi connectivity index (χ1n) is 6.97. The van der Waals surface area contributed by atoms with E-state index in [1.165, 1.54) is 0 Å². The molecular formula is C16H20BrN3O. The highest BCUT2D eigenvalue weighted by Gasteiger charge is 2.28. The Kier molecular flexibility index (Phi) is 4.83. The van der Waals surface area contributed by atoms with Crippen molar-refractivity contribution in [2.24, 2.45) is 7.05 Å². The fourth-order valence-electron chi connectivity index (χ4n) is 2.22. The van der Waals surface area contributed by atoms with Gasteiger partial charge in [-0.25, -0.2) is 0 Å². The summed E-state index contributed by atoms with van der Waals surface area (Å²) in [7, 11) is 1.79. The number of benzene rings is 1. The number of aryl methyl sites for hydroxylation is 2. The third-order valence-electron chi connectivity index (χ3n) is 3.59. The number of carbonyl (C=O) groups excluding carboxylic acids is 1. The molecule has 0 aliphatic heterocycles. The Hall–Kier alpha value is -1.62. The zero-order chi connectivity index (χ0) is 15.5. The number of amides is 1. The largest absolute Gasteiger partial charge is 0.341 e. The molecule has 21 heavy (non-hydrogen) atoms. The van der Waals surface area contributed by atoms with Gasteiger partial charge in [-0.05, 0) is 25.0 Å². The van der Waals surface area contributed by atoms with E-state index in [0.29, 0.717) is 11.0 Å². The third kappa shape index (κ3) is 3.35. The van der Waals surface area contributed by atoms with Crippen LogP contribution in [0.15, 0.2) is 36.4 Å². The van der Waals surface area contributed by atoms with Gasteiger partial charge >= 0.3 is 0 Å². The molecule has 2 rings (SSSR count). The first kappa shape index (κ1) is 15.8. The topological polar surface area (TPSA) is 46.9 Å². The van der Waals surface area contributed by atoms with Crippen molar-refractivity contribution in [3.8, 4) is 0 Å². The molecule has 1 amide bonds. The fourth-order valence-corrected chi connectivity index (χ4v) is 2.68. The van der Waals surface area contributed by atoms with Crippen LogP contribution in [0.3, 0.4) is 0 Å².